The molecule has 2 aromatic rings. The van der Waals surface area contributed by atoms with E-state index in [0.717, 1.165) is 17.8 Å². The fraction of sp³-hybridized carbons (Fsp3) is 0.389. The molecule has 2 heterocycles. The number of rotatable bonds is 5. The van der Waals surface area contributed by atoms with E-state index in [1.807, 2.05) is 49.3 Å². The minimum Gasteiger partial charge on any atom is -0.471 e. The third-order valence-corrected chi connectivity index (χ3v) is 4.06. The molecule has 1 N–H and O–H groups in total. The Labute approximate surface area is 147 Å². The molecule has 132 valence electrons. The van der Waals surface area contributed by atoms with Crippen molar-refractivity contribution in [1.29, 1.82) is 0 Å². The highest BCUT2D eigenvalue weighted by Gasteiger charge is 2.28. The lowest BCUT2D eigenvalue weighted by molar-refractivity contribution is 0.182. The monoisotopic (exact) mass is 341 g/mol. The predicted molar refractivity (Wildman–Crippen MR) is 95.6 cm³/mol. The Balaban J connectivity index is 1.49. The van der Waals surface area contributed by atoms with Crippen LogP contribution < -0.4 is 15.0 Å². The summed E-state index contributed by atoms with van der Waals surface area (Å²) in [5.41, 5.74) is 1.08. The van der Waals surface area contributed by atoms with Gasteiger partial charge in [0.2, 0.25) is 5.88 Å². The van der Waals surface area contributed by atoms with Crippen molar-refractivity contribution in [1.82, 2.24) is 20.2 Å². The van der Waals surface area contributed by atoms with Gasteiger partial charge in [0.05, 0.1) is 18.9 Å². The normalized spacial score (nSPS) is 16.6. The Morgan fingerprint density at radius 2 is 2.12 bits per heavy atom. The number of aromatic nitrogens is 2. The Bertz CT molecular complexity index is 708. The van der Waals surface area contributed by atoms with Crippen LogP contribution in [-0.4, -0.2) is 54.2 Å². The molecule has 1 atom stereocenters. The van der Waals surface area contributed by atoms with Gasteiger partial charge < -0.3 is 19.9 Å². The van der Waals surface area contributed by atoms with Gasteiger partial charge in [0.25, 0.3) is 0 Å². The SMILES string of the molecule is CN(C)c1cncc(OC2CCN(C(=O)NCc3ccccc3)C2)n1. The largest absolute Gasteiger partial charge is 0.471 e. The summed E-state index contributed by atoms with van der Waals surface area (Å²) in [6, 6.07) is 9.80. The summed E-state index contributed by atoms with van der Waals surface area (Å²) in [4.78, 5) is 24.5. The first-order valence-corrected chi connectivity index (χ1v) is 8.34. The molecule has 1 aliphatic heterocycles. The molecule has 3 rings (SSSR count). The molecule has 2 amide bonds. The number of nitrogens with one attached hydrogen (secondary N) is 1. The highest BCUT2D eigenvalue weighted by Crippen LogP contribution is 2.18. The van der Waals surface area contributed by atoms with Crippen molar-refractivity contribution in [3.63, 3.8) is 0 Å². The van der Waals surface area contributed by atoms with E-state index in [-0.39, 0.29) is 12.1 Å². The van der Waals surface area contributed by atoms with E-state index in [1.165, 1.54) is 0 Å². The lowest BCUT2D eigenvalue weighted by Gasteiger charge is -2.18. The summed E-state index contributed by atoms with van der Waals surface area (Å²) in [5.74, 6) is 1.23. The zero-order valence-electron chi connectivity index (χ0n) is 14.6. The van der Waals surface area contributed by atoms with Crippen LogP contribution in [-0.2, 0) is 6.54 Å². The molecule has 1 aromatic carbocycles. The molecule has 7 nitrogen and oxygen atoms in total. The number of urea groups is 1. The van der Waals surface area contributed by atoms with Gasteiger partial charge in [0.1, 0.15) is 6.10 Å². The van der Waals surface area contributed by atoms with Gasteiger partial charge in [-0.2, -0.15) is 4.98 Å². The lowest BCUT2D eigenvalue weighted by atomic mass is 10.2. The van der Waals surface area contributed by atoms with Crippen molar-refractivity contribution in [3.8, 4) is 5.88 Å². The van der Waals surface area contributed by atoms with Gasteiger partial charge in [0, 0.05) is 33.6 Å². The number of carbonyl (C=O) groups excluding carboxylic acids is 1. The van der Waals surface area contributed by atoms with E-state index in [4.69, 9.17) is 4.74 Å². The van der Waals surface area contributed by atoms with Crippen LogP contribution in [0.15, 0.2) is 42.7 Å². The van der Waals surface area contributed by atoms with E-state index in [1.54, 1.807) is 17.3 Å². The predicted octanol–water partition coefficient (Wildman–Crippen LogP) is 1.91. The Morgan fingerprint density at radius 1 is 1.32 bits per heavy atom. The summed E-state index contributed by atoms with van der Waals surface area (Å²) in [5, 5.41) is 2.95. The number of benzene rings is 1. The second kappa shape index (κ2) is 7.83. The summed E-state index contributed by atoms with van der Waals surface area (Å²) in [7, 11) is 3.81. The highest BCUT2D eigenvalue weighted by molar-refractivity contribution is 5.74. The minimum absolute atomic E-state index is 0.0609. The van der Waals surface area contributed by atoms with E-state index in [2.05, 4.69) is 15.3 Å². The average Bonchev–Trinajstić information content (AvgIpc) is 3.09. The summed E-state index contributed by atoms with van der Waals surface area (Å²) < 4.78 is 5.89. The molecule has 7 heteroatoms. The molecule has 1 saturated heterocycles. The molecule has 0 spiro atoms. The second-order valence-electron chi connectivity index (χ2n) is 6.23. The molecule has 25 heavy (non-hydrogen) atoms. The van der Waals surface area contributed by atoms with E-state index < -0.39 is 0 Å². The molecule has 1 aliphatic rings. The first kappa shape index (κ1) is 17.0. The van der Waals surface area contributed by atoms with Crippen LogP contribution in [0.5, 0.6) is 5.88 Å². The molecule has 0 radical (unpaired) electrons. The first-order valence-electron chi connectivity index (χ1n) is 8.34. The molecule has 1 fully saturated rings. The van der Waals surface area contributed by atoms with Gasteiger partial charge in [-0.25, -0.2) is 4.79 Å². The molecular formula is C18H23N5O2. The van der Waals surface area contributed by atoms with Crippen LogP contribution in [0.1, 0.15) is 12.0 Å². The van der Waals surface area contributed by atoms with Crippen molar-refractivity contribution in [2.75, 3.05) is 32.1 Å². The number of amides is 2. The Kier molecular flexibility index (Phi) is 5.33. The zero-order valence-corrected chi connectivity index (χ0v) is 14.6. The quantitative estimate of drug-likeness (QED) is 0.899. The first-order chi connectivity index (χ1) is 12.1. The Morgan fingerprint density at radius 3 is 2.88 bits per heavy atom. The van der Waals surface area contributed by atoms with E-state index >= 15 is 0 Å². The van der Waals surface area contributed by atoms with Crippen LogP contribution in [0.3, 0.4) is 0 Å². The van der Waals surface area contributed by atoms with Gasteiger partial charge in [-0.3, -0.25) is 4.98 Å². The van der Waals surface area contributed by atoms with E-state index in [0.29, 0.717) is 25.5 Å². The van der Waals surface area contributed by atoms with Gasteiger partial charge in [-0.1, -0.05) is 30.3 Å². The van der Waals surface area contributed by atoms with Crippen molar-refractivity contribution in [2.45, 2.75) is 19.1 Å². The fourth-order valence-corrected chi connectivity index (χ4v) is 2.68. The second-order valence-corrected chi connectivity index (χ2v) is 6.23. The maximum atomic E-state index is 12.3. The fourth-order valence-electron chi connectivity index (χ4n) is 2.68. The van der Waals surface area contributed by atoms with Crippen molar-refractivity contribution >= 4 is 11.8 Å². The third kappa shape index (κ3) is 4.59. The van der Waals surface area contributed by atoms with Gasteiger partial charge in [-0.05, 0) is 5.56 Å². The van der Waals surface area contributed by atoms with Crippen molar-refractivity contribution < 1.29 is 9.53 Å². The summed E-state index contributed by atoms with van der Waals surface area (Å²) in [6.45, 7) is 1.75. The van der Waals surface area contributed by atoms with Crippen LogP contribution in [0.25, 0.3) is 0 Å². The maximum absolute atomic E-state index is 12.3. The van der Waals surface area contributed by atoms with Crippen molar-refractivity contribution in [2.24, 2.45) is 0 Å². The van der Waals surface area contributed by atoms with Gasteiger partial charge in [0.15, 0.2) is 5.82 Å². The standard InChI is InChI=1S/C18H23N5O2/c1-22(2)16-11-19-12-17(21-16)25-15-8-9-23(13-15)18(24)20-10-14-6-4-3-5-7-14/h3-7,11-12,15H,8-10,13H2,1-2H3,(H,20,24). The van der Waals surface area contributed by atoms with Crippen LogP contribution in [0.2, 0.25) is 0 Å². The third-order valence-electron chi connectivity index (χ3n) is 4.06. The average molecular weight is 341 g/mol. The Hall–Kier alpha value is -2.83. The summed E-state index contributed by atoms with van der Waals surface area (Å²) >= 11 is 0. The number of nitrogens with zero attached hydrogens (tertiary/aromatic N) is 4. The molecule has 0 aliphatic carbocycles. The van der Waals surface area contributed by atoms with Gasteiger partial charge >= 0.3 is 6.03 Å². The zero-order chi connectivity index (χ0) is 17.6. The highest BCUT2D eigenvalue weighted by atomic mass is 16.5. The maximum Gasteiger partial charge on any atom is 0.317 e. The van der Waals surface area contributed by atoms with Crippen LogP contribution in [0.4, 0.5) is 10.6 Å². The van der Waals surface area contributed by atoms with Crippen molar-refractivity contribution in [3.05, 3.63) is 48.3 Å². The molecule has 1 aromatic heterocycles. The molecular weight excluding hydrogens is 318 g/mol. The number of ether oxygens (including phenoxy) is 1. The topological polar surface area (TPSA) is 70.6 Å². The van der Waals surface area contributed by atoms with Crippen LogP contribution >= 0.6 is 0 Å². The van der Waals surface area contributed by atoms with E-state index in [9.17, 15) is 4.79 Å². The lowest BCUT2D eigenvalue weighted by Crippen LogP contribution is -2.39. The van der Waals surface area contributed by atoms with Gasteiger partial charge in [-0.15, -0.1) is 0 Å². The number of hydrogen-bond acceptors (Lipinski definition) is 5. The minimum atomic E-state index is -0.0666. The molecule has 0 saturated carbocycles. The number of hydrogen-bond donors (Lipinski definition) is 1. The van der Waals surface area contributed by atoms with Crippen LogP contribution in [0, 0.1) is 0 Å². The molecule has 1 unspecified atom stereocenters. The summed E-state index contributed by atoms with van der Waals surface area (Å²) in [6.07, 6.45) is 4.01. The number of anilines is 1. The molecule has 0 bridgehead atoms. The number of carbonyl (C=O) groups is 1. The smallest absolute Gasteiger partial charge is 0.317 e. The number of likely N-dealkylation sites (tertiary alicyclic amines) is 1.